The zero-order chi connectivity index (χ0) is 6.41. The summed E-state index contributed by atoms with van der Waals surface area (Å²) < 4.78 is 3.86. The Balaban J connectivity index is 0.000000222. The molecule has 8 heavy (non-hydrogen) atoms. The third kappa shape index (κ3) is 3.04. The molecule has 1 rings (SSSR count). The third-order valence-electron chi connectivity index (χ3n) is 0.556. The monoisotopic (exact) mass is 147 g/mol. The Hall–Kier alpha value is -0.0200. The molecule has 0 aliphatic rings. The summed E-state index contributed by atoms with van der Waals surface area (Å²) in [6, 6.07) is 0. The maximum absolute atomic E-state index is 3.86. The van der Waals surface area contributed by atoms with Crippen LogP contribution in [0.3, 0.4) is 0 Å². The van der Waals surface area contributed by atoms with Gasteiger partial charge in [-0.2, -0.15) is 12.6 Å². The molecule has 0 saturated heterocycles. The highest BCUT2D eigenvalue weighted by molar-refractivity contribution is 7.79. The van der Waals surface area contributed by atoms with Gasteiger partial charge < -0.3 is 0 Å². The van der Waals surface area contributed by atoms with E-state index < -0.39 is 0 Å². The third-order valence-corrected chi connectivity index (χ3v) is 1.26. The topological polar surface area (TPSA) is 12.9 Å². The van der Waals surface area contributed by atoms with Gasteiger partial charge in [0.05, 0.1) is 0 Å². The lowest BCUT2D eigenvalue weighted by Crippen LogP contribution is -1.50. The Morgan fingerprint density at radius 3 is 2.38 bits per heavy atom. The van der Waals surface area contributed by atoms with Gasteiger partial charge in [-0.25, -0.2) is 4.37 Å². The highest BCUT2D eigenvalue weighted by atomic mass is 32.1. The fourth-order valence-electron chi connectivity index (χ4n) is 0.258. The van der Waals surface area contributed by atoms with Gasteiger partial charge in [-0.05, 0) is 30.3 Å². The van der Waals surface area contributed by atoms with E-state index >= 15 is 0 Å². The zero-order valence-corrected chi connectivity index (χ0v) is 6.67. The Morgan fingerprint density at radius 1 is 1.62 bits per heavy atom. The van der Waals surface area contributed by atoms with Gasteiger partial charge in [-0.15, -0.1) is 0 Å². The first-order chi connectivity index (χ1) is 3.89. The first-order valence-electron chi connectivity index (χ1n) is 2.20. The van der Waals surface area contributed by atoms with E-state index in [0.29, 0.717) is 0 Å². The second-order valence-corrected chi connectivity index (χ2v) is 1.86. The Morgan fingerprint density at radius 2 is 2.25 bits per heavy atom. The predicted octanol–water partition coefficient (Wildman–Crippen LogP) is 2.00. The summed E-state index contributed by atoms with van der Waals surface area (Å²) >= 11 is 5.02. The van der Waals surface area contributed by atoms with Gasteiger partial charge in [0.2, 0.25) is 0 Å². The molecule has 0 spiro atoms. The SMILES string of the molecule is CS.Cc1cnsc1. The van der Waals surface area contributed by atoms with Gasteiger partial charge in [-0.1, -0.05) is 0 Å². The molecule has 0 aromatic carbocycles. The summed E-state index contributed by atoms with van der Waals surface area (Å²) in [5.41, 5.74) is 1.25. The van der Waals surface area contributed by atoms with Crippen molar-refractivity contribution in [3.63, 3.8) is 0 Å². The van der Waals surface area contributed by atoms with Crippen molar-refractivity contribution in [2.45, 2.75) is 6.92 Å². The van der Waals surface area contributed by atoms with E-state index in [-0.39, 0.29) is 0 Å². The van der Waals surface area contributed by atoms with Crippen LogP contribution in [0.4, 0.5) is 0 Å². The molecular weight excluding hydrogens is 138 g/mol. The normalized spacial score (nSPS) is 7.38. The first kappa shape index (κ1) is 7.98. The lowest BCUT2D eigenvalue weighted by Gasteiger charge is -1.63. The largest absolute Gasteiger partial charge is 0.201 e. The molecule has 0 fully saturated rings. The molecule has 1 heterocycles. The smallest absolute Gasteiger partial charge is 0.0436 e. The number of rotatable bonds is 0. The molecule has 0 N–H and O–H groups in total. The second-order valence-electron chi connectivity index (χ2n) is 1.20. The maximum Gasteiger partial charge on any atom is 0.0436 e. The van der Waals surface area contributed by atoms with Crippen molar-refractivity contribution >= 4 is 24.2 Å². The average Bonchev–Trinajstić information content (AvgIpc) is 2.24. The lowest BCUT2D eigenvalue weighted by molar-refractivity contribution is 1.46. The number of thiol groups is 1. The molecule has 0 saturated carbocycles. The van der Waals surface area contributed by atoms with Crippen LogP contribution in [0.25, 0.3) is 0 Å². The van der Waals surface area contributed by atoms with E-state index in [9.17, 15) is 0 Å². The highest BCUT2D eigenvalue weighted by Crippen LogP contribution is 1.95. The molecule has 1 nitrogen and oxygen atoms in total. The number of aromatic nitrogens is 1. The van der Waals surface area contributed by atoms with Gasteiger partial charge in [0.15, 0.2) is 0 Å². The predicted molar refractivity (Wildman–Crippen MR) is 41.8 cm³/mol. The lowest BCUT2D eigenvalue weighted by atomic mass is 10.5. The molecule has 46 valence electrons. The van der Waals surface area contributed by atoms with Crippen LogP contribution in [0.15, 0.2) is 11.6 Å². The van der Waals surface area contributed by atoms with E-state index in [1.54, 1.807) is 6.26 Å². The van der Waals surface area contributed by atoms with Crippen molar-refractivity contribution in [3.8, 4) is 0 Å². The summed E-state index contributed by atoms with van der Waals surface area (Å²) in [7, 11) is 0. The van der Waals surface area contributed by atoms with E-state index in [0.717, 1.165) is 0 Å². The minimum absolute atomic E-state index is 1.25. The average molecular weight is 147 g/mol. The number of aryl methyl sites for hydroxylation is 1. The molecule has 0 aliphatic carbocycles. The molecular formula is C5H9NS2. The van der Waals surface area contributed by atoms with Gasteiger partial charge in [0.1, 0.15) is 0 Å². The van der Waals surface area contributed by atoms with Crippen molar-refractivity contribution in [2.24, 2.45) is 0 Å². The Labute approximate surface area is 59.3 Å². The standard InChI is InChI=1S/C4H5NS.CH4S/c1-4-2-5-6-3-4;1-2/h2-3H,1H3;2H,1H3. The summed E-state index contributed by atoms with van der Waals surface area (Å²) in [6.45, 7) is 2.03. The van der Waals surface area contributed by atoms with Crippen LogP contribution in [-0.2, 0) is 0 Å². The quantitative estimate of drug-likeness (QED) is 0.554. The number of hydrogen-bond acceptors (Lipinski definition) is 3. The Kier molecular flexibility index (Phi) is 5.11. The van der Waals surface area contributed by atoms with Crippen molar-refractivity contribution in [2.75, 3.05) is 6.26 Å². The molecule has 1 aromatic heterocycles. The van der Waals surface area contributed by atoms with E-state index in [1.165, 1.54) is 17.1 Å². The van der Waals surface area contributed by atoms with Gasteiger partial charge in [-0.3, -0.25) is 0 Å². The van der Waals surface area contributed by atoms with Gasteiger partial charge >= 0.3 is 0 Å². The molecule has 1 aromatic rings. The van der Waals surface area contributed by atoms with Crippen molar-refractivity contribution in [3.05, 3.63) is 17.1 Å². The second kappa shape index (κ2) is 5.12. The summed E-state index contributed by atoms with van der Waals surface area (Å²) in [4.78, 5) is 0. The van der Waals surface area contributed by atoms with Gasteiger partial charge in [0.25, 0.3) is 0 Å². The molecule has 0 amide bonds. The highest BCUT2D eigenvalue weighted by Gasteiger charge is 1.76. The maximum atomic E-state index is 3.86. The number of hydrogen-bond donors (Lipinski definition) is 1. The van der Waals surface area contributed by atoms with Crippen LogP contribution in [0, 0.1) is 6.92 Å². The van der Waals surface area contributed by atoms with E-state index in [1.807, 2.05) is 18.5 Å². The van der Waals surface area contributed by atoms with Crippen LogP contribution in [0.2, 0.25) is 0 Å². The summed E-state index contributed by atoms with van der Waals surface area (Å²) in [6.07, 6.45) is 3.55. The zero-order valence-electron chi connectivity index (χ0n) is 4.96. The summed E-state index contributed by atoms with van der Waals surface area (Å²) in [5, 5.41) is 2.01. The van der Waals surface area contributed by atoms with Crippen LogP contribution < -0.4 is 0 Å². The number of nitrogens with zero attached hydrogens (tertiary/aromatic N) is 1. The van der Waals surface area contributed by atoms with Crippen molar-refractivity contribution < 1.29 is 0 Å². The van der Waals surface area contributed by atoms with Crippen LogP contribution >= 0.6 is 24.2 Å². The van der Waals surface area contributed by atoms with E-state index in [2.05, 4.69) is 17.0 Å². The van der Waals surface area contributed by atoms with E-state index in [4.69, 9.17) is 0 Å². The Bertz CT molecular complexity index is 114. The first-order valence-corrected chi connectivity index (χ1v) is 3.93. The molecule has 0 bridgehead atoms. The fourth-order valence-corrected chi connectivity index (χ4v) is 0.773. The molecule has 0 atom stereocenters. The minimum Gasteiger partial charge on any atom is -0.201 e. The van der Waals surface area contributed by atoms with Crippen LogP contribution in [-0.4, -0.2) is 10.6 Å². The fraction of sp³-hybridized carbons (Fsp3) is 0.400. The van der Waals surface area contributed by atoms with Crippen molar-refractivity contribution in [1.82, 2.24) is 4.37 Å². The molecule has 0 unspecified atom stereocenters. The molecule has 0 aliphatic heterocycles. The van der Waals surface area contributed by atoms with Crippen LogP contribution in [0.1, 0.15) is 5.56 Å². The minimum atomic E-state index is 1.25. The summed E-state index contributed by atoms with van der Waals surface area (Å²) in [5.74, 6) is 0. The molecule has 0 radical (unpaired) electrons. The molecule has 3 heteroatoms. The van der Waals surface area contributed by atoms with Crippen molar-refractivity contribution in [1.29, 1.82) is 0 Å². The van der Waals surface area contributed by atoms with Gasteiger partial charge in [0, 0.05) is 11.6 Å². The van der Waals surface area contributed by atoms with Crippen LogP contribution in [0.5, 0.6) is 0 Å².